The third kappa shape index (κ3) is 5.77. The van der Waals surface area contributed by atoms with Crippen LogP contribution >= 0.6 is 37.2 Å². The van der Waals surface area contributed by atoms with Crippen LogP contribution in [0.5, 0.6) is 0 Å². The molecule has 1 saturated heterocycles. The lowest BCUT2D eigenvalue weighted by atomic mass is 10.2. The van der Waals surface area contributed by atoms with Crippen LogP contribution in [0.3, 0.4) is 0 Å². The van der Waals surface area contributed by atoms with Gasteiger partial charge in [0.1, 0.15) is 4.90 Å². The van der Waals surface area contributed by atoms with Crippen LogP contribution in [0.25, 0.3) is 5.69 Å². The lowest BCUT2D eigenvalue weighted by Gasteiger charge is -2.31. The summed E-state index contributed by atoms with van der Waals surface area (Å²) in [5.74, 6) is 0. The lowest BCUT2D eigenvalue weighted by Crippen LogP contribution is -2.44. The summed E-state index contributed by atoms with van der Waals surface area (Å²) in [6, 6.07) is 5.69. The lowest BCUT2D eigenvalue weighted by molar-refractivity contribution is 0.182. The molecule has 0 radical (unpaired) electrons. The molecule has 3 rings (SSSR count). The Morgan fingerprint density at radius 2 is 1.85 bits per heavy atom. The quantitative estimate of drug-likeness (QED) is 0.722. The standard InChI is InChI=1S/C14H18FN5O2S.3ClH/c1-11(19-7-5-16-6-8-19)14-10-20(18-17-14)12-3-2-4-13(9-12)23(15,21)22;;;/h2-4,9-11,16H,5-8H2,1H3;3*1H. The molecule has 0 aliphatic carbocycles. The minimum absolute atomic E-state index is 0. The molecule has 0 amide bonds. The van der Waals surface area contributed by atoms with E-state index in [-0.39, 0.29) is 48.2 Å². The number of hydrogen-bond donors (Lipinski definition) is 1. The van der Waals surface area contributed by atoms with Crippen LogP contribution in [0, 0.1) is 0 Å². The Morgan fingerprint density at radius 3 is 2.46 bits per heavy atom. The van der Waals surface area contributed by atoms with E-state index in [1.165, 1.54) is 22.9 Å². The number of nitrogens with zero attached hydrogens (tertiary/aromatic N) is 4. The average Bonchev–Trinajstić information content (AvgIpc) is 3.04. The van der Waals surface area contributed by atoms with Gasteiger partial charge in [-0.1, -0.05) is 11.3 Å². The predicted molar refractivity (Wildman–Crippen MR) is 104 cm³/mol. The molecule has 1 atom stereocenters. The van der Waals surface area contributed by atoms with Crippen molar-refractivity contribution < 1.29 is 12.3 Å². The first-order valence-corrected chi connectivity index (χ1v) is 8.75. The van der Waals surface area contributed by atoms with Gasteiger partial charge in [0.15, 0.2) is 0 Å². The van der Waals surface area contributed by atoms with E-state index in [9.17, 15) is 12.3 Å². The van der Waals surface area contributed by atoms with E-state index in [1.807, 2.05) is 0 Å². The molecule has 1 aromatic heterocycles. The SMILES string of the molecule is CC(c1cn(-c2cccc(S(=O)(=O)F)c2)nn1)N1CCNCC1.Cl.Cl.Cl. The molecular formula is C14H21Cl3FN5O2S. The van der Waals surface area contributed by atoms with Crippen LogP contribution in [0.15, 0.2) is 35.4 Å². The zero-order chi connectivity index (χ0) is 16.4. The van der Waals surface area contributed by atoms with E-state index in [1.54, 1.807) is 12.3 Å². The molecule has 1 aliphatic rings. The smallest absolute Gasteiger partial charge is 0.314 e. The topological polar surface area (TPSA) is 80.1 Å². The molecule has 0 saturated carbocycles. The van der Waals surface area contributed by atoms with Crippen LogP contribution in [0.1, 0.15) is 18.7 Å². The Kier molecular flexibility index (Phi) is 10.00. The average molecular weight is 449 g/mol. The fourth-order valence-corrected chi connectivity index (χ4v) is 3.13. The van der Waals surface area contributed by atoms with Crippen LogP contribution in [0.4, 0.5) is 3.89 Å². The Labute approximate surface area is 170 Å². The molecule has 0 bridgehead atoms. The first-order chi connectivity index (χ1) is 10.9. The van der Waals surface area contributed by atoms with Gasteiger partial charge >= 0.3 is 10.2 Å². The zero-order valence-electron chi connectivity index (χ0n) is 13.9. The van der Waals surface area contributed by atoms with Gasteiger partial charge in [-0.05, 0) is 25.1 Å². The van der Waals surface area contributed by atoms with Crippen molar-refractivity contribution in [2.75, 3.05) is 26.2 Å². The van der Waals surface area contributed by atoms with Crippen molar-refractivity contribution in [3.05, 3.63) is 36.2 Å². The number of halogens is 4. The maximum Gasteiger partial charge on any atom is 0.332 e. The molecule has 1 N–H and O–H groups in total. The zero-order valence-corrected chi connectivity index (χ0v) is 17.2. The highest BCUT2D eigenvalue weighted by molar-refractivity contribution is 7.86. The summed E-state index contributed by atoms with van der Waals surface area (Å²) in [5.41, 5.74) is 1.25. The Balaban J connectivity index is 0.00000208. The summed E-state index contributed by atoms with van der Waals surface area (Å²) >= 11 is 0. The van der Waals surface area contributed by atoms with Gasteiger partial charge in [-0.2, -0.15) is 8.42 Å². The maximum atomic E-state index is 13.1. The van der Waals surface area contributed by atoms with Gasteiger partial charge in [0.25, 0.3) is 0 Å². The molecule has 7 nitrogen and oxygen atoms in total. The third-order valence-corrected chi connectivity index (χ3v) is 4.82. The Hall–Kier alpha value is -0.970. The van der Waals surface area contributed by atoms with Crippen molar-refractivity contribution >= 4 is 47.4 Å². The third-order valence-electron chi connectivity index (χ3n) is 4.00. The van der Waals surface area contributed by atoms with Gasteiger partial charge in [-0.3, -0.25) is 4.90 Å². The normalized spacial score (nSPS) is 15.9. The number of hydrogen-bond acceptors (Lipinski definition) is 6. The second-order valence-corrected chi connectivity index (χ2v) is 6.83. The summed E-state index contributed by atoms with van der Waals surface area (Å²) < 4.78 is 36.6. The van der Waals surface area contributed by atoms with Crippen molar-refractivity contribution in [2.24, 2.45) is 0 Å². The molecule has 0 spiro atoms. The van der Waals surface area contributed by atoms with Gasteiger partial charge in [-0.25, -0.2) is 4.68 Å². The summed E-state index contributed by atoms with van der Waals surface area (Å²) in [5, 5.41) is 11.5. The first-order valence-electron chi connectivity index (χ1n) is 7.37. The van der Waals surface area contributed by atoms with Crippen molar-refractivity contribution in [1.82, 2.24) is 25.2 Å². The van der Waals surface area contributed by atoms with Crippen LogP contribution < -0.4 is 5.32 Å². The molecule has 1 aliphatic heterocycles. The van der Waals surface area contributed by atoms with Gasteiger partial charge in [0, 0.05) is 26.2 Å². The van der Waals surface area contributed by atoms with Crippen molar-refractivity contribution in [3.63, 3.8) is 0 Å². The minimum atomic E-state index is -4.74. The molecule has 1 unspecified atom stereocenters. The van der Waals surface area contributed by atoms with Gasteiger partial charge in [0.2, 0.25) is 0 Å². The van der Waals surface area contributed by atoms with Crippen LogP contribution in [0.2, 0.25) is 0 Å². The Bertz CT molecular complexity index is 799. The van der Waals surface area contributed by atoms with E-state index >= 15 is 0 Å². The fraction of sp³-hybridized carbons (Fsp3) is 0.429. The van der Waals surface area contributed by atoms with Gasteiger partial charge in [-0.15, -0.1) is 46.2 Å². The van der Waals surface area contributed by atoms with Crippen molar-refractivity contribution in [2.45, 2.75) is 17.9 Å². The number of nitrogens with one attached hydrogen (secondary N) is 1. The molecule has 12 heteroatoms. The van der Waals surface area contributed by atoms with E-state index in [0.29, 0.717) is 5.69 Å². The fourth-order valence-electron chi connectivity index (χ4n) is 2.63. The molecular weight excluding hydrogens is 428 g/mol. The molecule has 2 aromatic rings. The molecule has 1 fully saturated rings. The first kappa shape index (κ1) is 25.0. The summed E-state index contributed by atoms with van der Waals surface area (Å²) in [4.78, 5) is 1.91. The summed E-state index contributed by atoms with van der Waals surface area (Å²) in [6.45, 7) is 5.80. The largest absolute Gasteiger partial charge is 0.332 e. The second kappa shape index (κ2) is 10.4. The van der Waals surface area contributed by atoms with E-state index < -0.39 is 10.2 Å². The van der Waals surface area contributed by atoms with Gasteiger partial charge in [0.05, 0.1) is 23.6 Å². The summed E-state index contributed by atoms with van der Waals surface area (Å²) in [7, 11) is -4.74. The maximum absolute atomic E-state index is 13.1. The molecule has 1 aromatic carbocycles. The number of piperazine rings is 1. The van der Waals surface area contributed by atoms with Gasteiger partial charge < -0.3 is 5.32 Å². The predicted octanol–water partition coefficient (Wildman–Crippen LogP) is 2.16. The van der Waals surface area contributed by atoms with Crippen molar-refractivity contribution in [3.8, 4) is 5.69 Å². The number of benzene rings is 1. The highest BCUT2D eigenvalue weighted by Crippen LogP contribution is 2.20. The highest BCUT2D eigenvalue weighted by atomic mass is 35.5. The number of rotatable bonds is 4. The second-order valence-electron chi connectivity index (χ2n) is 5.49. The van der Waals surface area contributed by atoms with Crippen LogP contribution in [-0.4, -0.2) is 54.5 Å². The minimum Gasteiger partial charge on any atom is -0.314 e. The van der Waals surface area contributed by atoms with E-state index in [0.717, 1.165) is 31.9 Å². The molecule has 2 heterocycles. The highest BCUT2D eigenvalue weighted by Gasteiger charge is 2.21. The van der Waals surface area contributed by atoms with E-state index in [4.69, 9.17) is 0 Å². The van der Waals surface area contributed by atoms with Crippen molar-refractivity contribution in [1.29, 1.82) is 0 Å². The Morgan fingerprint density at radius 1 is 1.19 bits per heavy atom. The molecule has 26 heavy (non-hydrogen) atoms. The molecule has 148 valence electrons. The monoisotopic (exact) mass is 447 g/mol. The number of aromatic nitrogens is 3. The summed E-state index contributed by atoms with van der Waals surface area (Å²) in [6.07, 6.45) is 1.75. The van der Waals surface area contributed by atoms with E-state index in [2.05, 4.69) is 27.5 Å². The van der Waals surface area contributed by atoms with Crippen LogP contribution in [-0.2, 0) is 10.2 Å².